The van der Waals surface area contributed by atoms with Crippen molar-refractivity contribution in [3.05, 3.63) is 34.7 Å². The molecule has 2 fully saturated rings. The molecule has 1 heterocycles. The van der Waals surface area contributed by atoms with Crippen molar-refractivity contribution in [1.29, 1.82) is 0 Å². The third kappa shape index (κ3) is 6.48. The summed E-state index contributed by atoms with van der Waals surface area (Å²) in [5.41, 5.74) is 0.932. The molecule has 7 nitrogen and oxygen atoms in total. The standard InChI is InChI=1S/C23H32N2O5S/c1-4-29-21(30-5-2)14-24-22(26)16-9-10-19-18(13-16)25-23(27)20(31-19)12-15-7-6-8-17(11-15)28-3/h6-8,11-12,16,18-19,21H,4-5,9-10,13-14H2,1-3H3,(H,24,26)(H,25,27)/b20-12+. The Kier molecular flexibility index (Phi) is 8.80. The van der Waals surface area contributed by atoms with Crippen LogP contribution in [0.3, 0.4) is 0 Å². The first kappa shape index (κ1) is 23.6. The smallest absolute Gasteiger partial charge is 0.257 e. The highest BCUT2D eigenvalue weighted by Crippen LogP contribution is 2.40. The highest BCUT2D eigenvalue weighted by molar-refractivity contribution is 8.04. The summed E-state index contributed by atoms with van der Waals surface area (Å²) in [4.78, 5) is 26.0. The van der Waals surface area contributed by atoms with Gasteiger partial charge in [0.1, 0.15) is 5.75 Å². The molecule has 0 bridgehead atoms. The topological polar surface area (TPSA) is 85.9 Å². The van der Waals surface area contributed by atoms with Gasteiger partial charge in [0.05, 0.1) is 18.6 Å². The van der Waals surface area contributed by atoms with E-state index in [0.29, 0.717) is 31.1 Å². The fourth-order valence-electron chi connectivity index (χ4n) is 3.98. The maximum atomic E-state index is 12.7. The van der Waals surface area contributed by atoms with Gasteiger partial charge in [0.25, 0.3) is 5.91 Å². The molecule has 2 aliphatic rings. The molecule has 1 aromatic carbocycles. The van der Waals surface area contributed by atoms with Gasteiger partial charge in [-0.1, -0.05) is 12.1 Å². The van der Waals surface area contributed by atoms with Gasteiger partial charge in [-0.3, -0.25) is 9.59 Å². The minimum atomic E-state index is -0.426. The van der Waals surface area contributed by atoms with E-state index >= 15 is 0 Å². The summed E-state index contributed by atoms with van der Waals surface area (Å²) in [5.74, 6) is 0.563. The van der Waals surface area contributed by atoms with Crippen LogP contribution in [0.25, 0.3) is 6.08 Å². The van der Waals surface area contributed by atoms with E-state index in [9.17, 15) is 9.59 Å². The van der Waals surface area contributed by atoms with Gasteiger partial charge in [-0.25, -0.2) is 0 Å². The molecule has 0 radical (unpaired) electrons. The summed E-state index contributed by atoms with van der Waals surface area (Å²) in [6, 6.07) is 7.65. The number of hydrogen-bond donors (Lipinski definition) is 2. The Morgan fingerprint density at radius 1 is 1.29 bits per heavy atom. The number of thioether (sulfide) groups is 1. The van der Waals surface area contributed by atoms with Crippen molar-refractivity contribution in [3.8, 4) is 5.75 Å². The number of carbonyl (C=O) groups excluding carboxylic acids is 2. The first-order chi connectivity index (χ1) is 15.0. The van der Waals surface area contributed by atoms with Crippen LogP contribution in [-0.4, -0.2) is 56.3 Å². The van der Waals surface area contributed by atoms with E-state index in [2.05, 4.69) is 10.6 Å². The lowest BCUT2D eigenvalue weighted by molar-refractivity contribution is -0.142. The van der Waals surface area contributed by atoms with Crippen LogP contribution >= 0.6 is 11.8 Å². The van der Waals surface area contributed by atoms with Crippen LogP contribution in [0.4, 0.5) is 0 Å². The van der Waals surface area contributed by atoms with Crippen LogP contribution in [0.1, 0.15) is 38.7 Å². The zero-order chi connectivity index (χ0) is 22.2. The summed E-state index contributed by atoms with van der Waals surface area (Å²) in [6.45, 7) is 5.19. The Labute approximate surface area is 188 Å². The first-order valence-corrected chi connectivity index (χ1v) is 11.8. The van der Waals surface area contributed by atoms with Gasteiger partial charge in [-0.15, -0.1) is 11.8 Å². The zero-order valence-corrected chi connectivity index (χ0v) is 19.2. The number of benzene rings is 1. The lowest BCUT2D eigenvalue weighted by atomic mass is 9.84. The second-order valence-electron chi connectivity index (χ2n) is 7.62. The fourth-order valence-corrected chi connectivity index (χ4v) is 5.27. The summed E-state index contributed by atoms with van der Waals surface area (Å²) < 4.78 is 16.2. The Bertz CT molecular complexity index is 794. The third-order valence-corrected chi connectivity index (χ3v) is 6.94. The molecular weight excluding hydrogens is 416 g/mol. The quantitative estimate of drug-likeness (QED) is 0.446. The highest BCUT2D eigenvalue weighted by Gasteiger charge is 2.39. The first-order valence-electron chi connectivity index (χ1n) is 10.9. The van der Waals surface area contributed by atoms with Crippen molar-refractivity contribution < 1.29 is 23.8 Å². The minimum absolute atomic E-state index is 0.000162. The third-order valence-electron chi connectivity index (χ3n) is 5.52. The lowest BCUT2D eigenvalue weighted by Gasteiger charge is -2.39. The van der Waals surface area contributed by atoms with E-state index in [0.717, 1.165) is 24.2 Å². The second kappa shape index (κ2) is 11.5. The van der Waals surface area contributed by atoms with Gasteiger partial charge in [-0.05, 0) is 56.9 Å². The molecule has 0 aromatic heterocycles. The average molecular weight is 449 g/mol. The van der Waals surface area contributed by atoms with Gasteiger partial charge in [-0.2, -0.15) is 0 Å². The molecule has 0 spiro atoms. The number of amides is 2. The average Bonchev–Trinajstić information content (AvgIpc) is 2.78. The molecular formula is C23H32N2O5S. The number of methoxy groups -OCH3 is 1. The van der Waals surface area contributed by atoms with Crippen LogP contribution in [0, 0.1) is 5.92 Å². The van der Waals surface area contributed by atoms with Crippen molar-refractivity contribution in [2.24, 2.45) is 5.92 Å². The van der Waals surface area contributed by atoms with Gasteiger partial charge in [0.15, 0.2) is 6.29 Å². The van der Waals surface area contributed by atoms with E-state index < -0.39 is 6.29 Å². The molecule has 1 aliphatic carbocycles. The number of ether oxygens (including phenoxy) is 3. The Morgan fingerprint density at radius 3 is 2.77 bits per heavy atom. The number of rotatable bonds is 9. The monoisotopic (exact) mass is 448 g/mol. The molecule has 1 aromatic rings. The maximum Gasteiger partial charge on any atom is 0.257 e. The minimum Gasteiger partial charge on any atom is -0.497 e. The highest BCUT2D eigenvalue weighted by atomic mass is 32.2. The Morgan fingerprint density at radius 2 is 2.06 bits per heavy atom. The Balaban J connectivity index is 1.56. The van der Waals surface area contributed by atoms with Gasteiger partial charge >= 0.3 is 0 Å². The van der Waals surface area contributed by atoms with Gasteiger partial charge in [0.2, 0.25) is 5.91 Å². The maximum absolute atomic E-state index is 12.7. The van der Waals surface area contributed by atoms with Crippen molar-refractivity contribution in [2.45, 2.75) is 50.7 Å². The van der Waals surface area contributed by atoms with Crippen LogP contribution in [0.5, 0.6) is 5.75 Å². The van der Waals surface area contributed by atoms with E-state index in [1.165, 1.54) is 0 Å². The van der Waals surface area contributed by atoms with Crippen LogP contribution < -0.4 is 15.4 Å². The fraction of sp³-hybridized carbons (Fsp3) is 0.565. The van der Waals surface area contributed by atoms with Gasteiger partial charge in [0, 0.05) is 30.4 Å². The SMILES string of the molecule is CCOC(CNC(=O)C1CCC2S/C(=C/c3cccc(OC)c3)C(=O)NC2C1)OCC. The number of nitrogens with one attached hydrogen (secondary N) is 2. The summed E-state index contributed by atoms with van der Waals surface area (Å²) in [7, 11) is 1.63. The number of fused-ring (bicyclic) bond motifs is 1. The van der Waals surface area contributed by atoms with Gasteiger partial charge < -0.3 is 24.8 Å². The van der Waals surface area contributed by atoms with Crippen molar-refractivity contribution in [1.82, 2.24) is 10.6 Å². The van der Waals surface area contributed by atoms with Crippen molar-refractivity contribution in [3.63, 3.8) is 0 Å². The zero-order valence-electron chi connectivity index (χ0n) is 18.4. The van der Waals surface area contributed by atoms with Crippen LogP contribution in [0.15, 0.2) is 29.2 Å². The van der Waals surface area contributed by atoms with E-state index in [1.54, 1.807) is 18.9 Å². The largest absolute Gasteiger partial charge is 0.497 e. The van der Waals surface area contributed by atoms with E-state index in [4.69, 9.17) is 14.2 Å². The van der Waals surface area contributed by atoms with Crippen LogP contribution in [0.2, 0.25) is 0 Å². The molecule has 1 aliphatic heterocycles. The molecule has 170 valence electrons. The van der Waals surface area contributed by atoms with Crippen LogP contribution in [-0.2, 0) is 19.1 Å². The van der Waals surface area contributed by atoms with Crippen molar-refractivity contribution in [2.75, 3.05) is 26.9 Å². The van der Waals surface area contributed by atoms with E-state index in [-0.39, 0.29) is 29.0 Å². The predicted molar refractivity (Wildman–Crippen MR) is 122 cm³/mol. The summed E-state index contributed by atoms with van der Waals surface area (Å²) in [5, 5.41) is 6.34. The molecule has 2 N–H and O–H groups in total. The van der Waals surface area contributed by atoms with Crippen molar-refractivity contribution >= 4 is 29.7 Å². The predicted octanol–water partition coefficient (Wildman–Crippen LogP) is 2.95. The second-order valence-corrected chi connectivity index (χ2v) is 8.90. The molecule has 1 saturated heterocycles. The molecule has 3 atom stereocenters. The summed E-state index contributed by atoms with van der Waals surface area (Å²) >= 11 is 1.61. The number of hydrogen-bond acceptors (Lipinski definition) is 6. The molecule has 3 rings (SSSR count). The molecule has 3 unspecified atom stereocenters. The normalized spacial score (nSPS) is 24.6. The summed E-state index contributed by atoms with van der Waals surface area (Å²) in [6.07, 6.45) is 3.80. The Hall–Kier alpha value is -2.03. The number of carbonyl (C=O) groups is 2. The van der Waals surface area contributed by atoms with E-state index in [1.807, 2.05) is 44.2 Å². The molecule has 31 heavy (non-hydrogen) atoms. The molecule has 8 heteroatoms. The molecule has 2 amide bonds. The molecule has 1 saturated carbocycles. The lowest BCUT2D eigenvalue weighted by Crippen LogP contribution is -2.52.